The first kappa shape index (κ1) is 18.0. The highest BCUT2D eigenvalue weighted by Crippen LogP contribution is 2.63. The van der Waals surface area contributed by atoms with Crippen molar-refractivity contribution < 1.29 is 14.9 Å². The molecular weight excluding hydrogens is 312 g/mol. The third-order valence-corrected chi connectivity index (χ3v) is 6.21. The molecule has 0 aliphatic heterocycles. The molecule has 0 heterocycles. The number of rotatable bonds is 6. The number of ether oxygens (including phenoxy) is 1. The predicted molar refractivity (Wildman–Crippen MR) is 99.9 cm³/mol. The molecule has 6 atom stereocenters. The second kappa shape index (κ2) is 6.47. The molecule has 1 saturated carbocycles. The smallest absolute Gasteiger partial charge is 0.131 e. The molecule has 0 radical (unpaired) electrons. The Kier molecular flexibility index (Phi) is 4.65. The van der Waals surface area contributed by atoms with Gasteiger partial charge in [-0.05, 0) is 29.9 Å². The van der Waals surface area contributed by atoms with E-state index in [9.17, 15) is 10.2 Å². The summed E-state index contributed by atoms with van der Waals surface area (Å²) in [4.78, 5) is 0. The first-order valence-corrected chi connectivity index (χ1v) is 8.91. The molecule has 0 aromatic heterocycles. The van der Waals surface area contributed by atoms with Crippen LogP contribution in [0.1, 0.15) is 31.2 Å². The molecule has 1 fully saturated rings. The minimum atomic E-state index is -1.28. The summed E-state index contributed by atoms with van der Waals surface area (Å²) in [6, 6.07) is 10.2. The lowest BCUT2D eigenvalue weighted by Crippen LogP contribution is -2.56. The van der Waals surface area contributed by atoms with Gasteiger partial charge in [-0.15, -0.1) is 13.2 Å². The zero-order valence-electron chi connectivity index (χ0n) is 15.1. The first-order valence-electron chi connectivity index (χ1n) is 8.91. The molecule has 1 aromatic carbocycles. The number of benzene rings is 1. The fraction of sp³-hybridized carbons (Fsp3) is 0.455. The summed E-state index contributed by atoms with van der Waals surface area (Å²) < 4.78 is 5.57. The summed E-state index contributed by atoms with van der Waals surface area (Å²) in [6.45, 7) is 9.81. The molecule has 1 aromatic rings. The Hall–Kier alpha value is -1.84. The highest BCUT2D eigenvalue weighted by atomic mass is 16.5. The second-order valence-corrected chi connectivity index (χ2v) is 7.44. The van der Waals surface area contributed by atoms with Gasteiger partial charge in [0, 0.05) is 18.3 Å². The fourth-order valence-electron chi connectivity index (χ4n) is 5.33. The van der Waals surface area contributed by atoms with Crippen LogP contribution in [0.2, 0.25) is 0 Å². The lowest BCUT2D eigenvalue weighted by Gasteiger charge is -2.48. The van der Waals surface area contributed by atoms with E-state index in [2.05, 4.69) is 32.2 Å². The van der Waals surface area contributed by atoms with Gasteiger partial charge in [0.15, 0.2) is 0 Å². The summed E-state index contributed by atoms with van der Waals surface area (Å²) in [7, 11) is 1.58. The third kappa shape index (κ3) is 2.49. The van der Waals surface area contributed by atoms with Crippen molar-refractivity contribution in [2.45, 2.75) is 36.9 Å². The van der Waals surface area contributed by atoms with Crippen LogP contribution in [0.4, 0.5) is 0 Å². The van der Waals surface area contributed by atoms with Crippen LogP contribution in [0, 0.1) is 17.8 Å². The Morgan fingerprint density at radius 3 is 2.32 bits per heavy atom. The zero-order chi connectivity index (χ0) is 18.2. The zero-order valence-corrected chi connectivity index (χ0v) is 15.1. The molecule has 2 aliphatic rings. The molecule has 134 valence electrons. The van der Waals surface area contributed by atoms with E-state index in [4.69, 9.17) is 4.74 Å². The molecule has 0 amide bonds. The summed E-state index contributed by atoms with van der Waals surface area (Å²) >= 11 is 0. The van der Waals surface area contributed by atoms with Gasteiger partial charge in [-0.3, -0.25) is 0 Å². The molecule has 0 saturated heterocycles. The number of hydrogen-bond donors (Lipinski definition) is 2. The summed E-state index contributed by atoms with van der Waals surface area (Å²) in [5.74, 6) is 0.242. The number of hydrogen-bond acceptors (Lipinski definition) is 3. The molecule has 25 heavy (non-hydrogen) atoms. The van der Waals surface area contributed by atoms with Crippen LogP contribution in [0.25, 0.3) is 0 Å². The molecule has 2 aliphatic carbocycles. The van der Waals surface area contributed by atoms with Gasteiger partial charge in [-0.2, -0.15) is 0 Å². The van der Waals surface area contributed by atoms with E-state index < -0.39 is 17.1 Å². The van der Waals surface area contributed by atoms with Gasteiger partial charge in [-0.25, -0.2) is 0 Å². The Morgan fingerprint density at radius 2 is 1.76 bits per heavy atom. The van der Waals surface area contributed by atoms with Crippen LogP contribution < -0.4 is 0 Å². The van der Waals surface area contributed by atoms with Crippen molar-refractivity contribution in [3.05, 3.63) is 73.0 Å². The summed E-state index contributed by atoms with van der Waals surface area (Å²) in [6.07, 6.45) is 6.15. The predicted octanol–water partition coefficient (Wildman–Crippen LogP) is 3.81. The number of fused-ring (bicyclic) bond motifs is 2. The Labute approximate surface area is 150 Å². The van der Waals surface area contributed by atoms with E-state index in [-0.39, 0.29) is 17.8 Å². The van der Waals surface area contributed by atoms with Crippen LogP contribution in [0.15, 0.2) is 67.5 Å². The topological polar surface area (TPSA) is 49.7 Å². The lowest BCUT2D eigenvalue weighted by molar-refractivity contribution is -0.134. The average Bonchev–Trinajstić information content (AvgIpc) is 2.74. The lowest BCUT2D eigenvalue weighted by atomic mass is 9.64. The van der Waals surface area contributed by atoms with Gasteiger partial charge < -0.3 is 14.9 Å². The van der Waals surface area contributed by atoms with Crippen molar-refractivity contribution in [1.29, 1.82) is 0 Å². The minimum absolute atomic E-state index is 0.0185. The second-order valence-electron chi connectivity index (χ2n) is 7.44. The van der Waals surface area contributed by atoms with Crippen LogP contribution in [-0.4, -0.2) is 28.5 Å². The van der Waals surface area contributed by atoms with Gasteiger partial charge in [-0.1, -0.05) is 49.4 Å². The molecule has 2 N–H and O–H groups in total. The SMILES string of the molecule is C=CC[C@@]1(O)[C@H]2[C@H](c3ccccc3)[C@@H](C)[C@@H]1C=C(OC)[C@@]2(O)CC=C. The van der Waals surface area contributed by atoms with E-state index in [0.717, 1.165) is 5.56 Å². The molecule has 3 heteroatoms. The third-order valence-electron chi connectivity index (χ3n) is 6.21. The monoisotopic (exact) mass is 340 g/mol. The van der Waals surface area contributed by atoms with Crippen molar-refractivity contribution in [2.75, 3.05) is 7.11 Å². The Bertz CT molecular complexity index is 680. The molecule has 0 unspecified atom stereocenters. The van der Waals surface area contributed by atoms with Crippen molar-refractivity contribution in [1.82, 2.24) is 0 Å². The number of methoxy groups -OCH3 is 1. The van der Waals surface area contributed by atoms with Gasteiger partial charge >= 0.3 is 0 Å². The van der Waals surface area contributed by atoms with E-state index in [1.54, 1.807) is 19.3 Å². The number of aliphatic hydroxyl groups is 2. The Morgan fingerprint density at radius 1 is 1.12 bits per heavy atom. The highest BCUT2D eigenvalue weighted by molar-refractivity contribution is 5.38. The van der Waals surface area contributed by atoms with Crippen LogP contribution in [-0.2, 0) is 4.74 Å². The van der Waals surface area contributed by atoms with Crippen molar-refractivity contribution in [3.8, 4) is 0 Å². The maximum Gasteiger partial charge on any atom is 0.131 e. The van der Waals surface area contributed by atoms with E-state index in [1.807, 2.05) is 24.3 Å². The van der Waals surface area contributed by atoms with Gasteiger partial charge in [0.25, 0.3) is 0 Å². The van der Waals surface area contributed by atoms with Gasteiger partial charge in [0.1, 0.15) is 11.4 Å². The van der Waals surface area contributed by atoms with Crippen LogP contribution in [0.5, 0.6) is 0 Å². The normalized spacial score (nSPS) is 39.6. The first-order chi connectivity index (χ1) is 11.9. The van der Waals surface area contributed by atoms with Gasteiger partial charge in [0.2, 0.25) is 0 Å². The maximum absolute atomic E-state index is 11.7. The molecule has 3 nitrogen and oxygen atoms in total. The molecular formula is C22H28O3. The average molecular weight is 340 g/mol. The van der Waals surface area contributed by atoms with E-state index in [0.29, 0.717) is 18.6 Å². The largest absolute Gasteiger partial charge is 0.498 e. The van der Waals surface area contributed by atoms with E-state index in [1.165, 1.54) is 0 Å². The maximum atomic E-state index is 11.7. The van der Waals surface area contributed by atoms with Crippen molar-refractivity contribution in [2.24, 2.45) is 17.8 Å². The quantitative estimate of drug-likeness (QED) is 0.774. The molecule has 3 rings (SSSR count). The van der Waals surface area contributed by atoms with Crippen molar-refractivity contribution >= 4 is 0 Å². The van der Waals surface area contributed by atoms with Crippen LogP contribution in [0.3, 0.4) is 0 Å². The molecule has 2 bridgehead atoms. The minimum Gasteiger partial charge on any atom is -0.498 e. The van der Waals surface area contributed by atoms with Crippen LogP contribution >= 0.6 is 0 Å². The molecule has 0 spiro atoms. The highest BCUT2D eigenvalue weighted by Gasteiger charge is 2.67. The fourth-order valence-corrected chi connectivity index (χ4v) is 5.33. The summed E-state index contributed by atoms with van der Waals surface area (Å²) in [5, 5.41) is 23.4. The summed E-state index contributed by atoms with van der Waals surface area (Å²) in [5.41, 5.74) is -1.20. The van der Waals surface area contributed by atoms with E-state index >= 15 is 0 Å². The Balaban J connectivity index is 2.22. The van der Waals surface area contributed by atoms with Gasteiger partial charge in [0.05, 0.1) is 12.7 Å². The standard InChI is InChI=1S/C22H28O3/c1-5-12-21(23)17-14-18(25-4)22(24,13-6-2)20(21)19(15(17)3)16-10-8-7-9-11-16/h5-11,14-15,17,19-20,23-24H,1-2,12-13H2,3-4H3/t15-,17-,19-,20+,21-,22-/m0/s1. The van der Waals surface area contributed by atoms with Crippen molar-refractivity contribution in [3.63, 3.8) is 0 Å².